The smallest absolute Gasteiger partial charge is 0.273 e. The van der Waals surface area contributed by atoms with Gasteiger partial charge in [0.25, 0.3) is 25.2 Å². The fraction of sp³-hybridized carbons (Fsp3) is 0.222. The third-order valence-corrected chi connectivity index (χ3v) is 11.5. The molecular weight excluding hydrogens is 612 g/mol. The third-order valence-electron chi connectivity index (χ3n) is 6.67. The lowest BCUT2D eigenvalue weighted by Gasteiger charge is -2.23. The van der Waals surface area contributed by atoms with Gasteiger partial charge in [-0.25, -0.2) is 0 Å². The molecule has 2 unspecified atom stereocenters. The number of fused-ring (bicyclic) bond motifs is 2. The number of halogens is 1. The molecule has 0 saturated carbocycles. The molecule has 0 aliphatic carbocycles. The average molecular weight is 638 g/mol. The zero-order valence-corrected chi connectivity index (χ0v) is 25.5. The highest BCUT2D eigenvalue weighted by Gasteiger charge is 2.33. The van der Waals surface area contributed by atoms with E-state index in [2.05, 4.69) is 0 Å². The Morgan fingerprint density at radius 2 is 1.62 bits per heavy atom. The summed E-state index contributed by atoms with van der Waals surface area (Å²) in [5.41, 5.74) is 3.48. The van der Waals surface area contributed by atoms with Crippen molar-refractivity contribution in [1.82, 2.24) is 0 Å². The van der Waals surface area contributed by atoms with Crippen molar-refractivity contribution < 1.29 is 30.5 Å². The van der Waals surface area contributed by atoms with E-state index in [-0.39, 0.29) is 13.1 Å². The van der Waals surface area contributed by atoms with Crippen LogP contribution in [0.5, 0.6) is 0 Å². The SMILES string of the molecule is CC(CN1C(=Cc2sc3ccc(-c4ccccc4)cc3[n+]2CC(C)S(=O)(=O)O)Sc2ccc(Cl)cc21)S(=O)(=O)O. The lowest BCUT2D eigenvalue weighted by Crippen LogP contribution is -2.43. The number of aromatic nitrogens is 1. The minimum atomic E-state index is -4.31. The number of benzene rings is 3. The van der Waals surface area contributed by atoms with Crippen molar-refractivity contribution in [3.8, 4) is 11.1 Å². The summed E-state index contributed by atoms with van der Waals surface area (Å²) in [6.07, 6.45) is 1.87. The number of thiazole rings is 1. The van der Waals surface area contributed by atoms with E-state index >= 15 is 0 Å². The van der Waals surface area contributed by atoms with Crippen molar-refractivity contribution >= 4 is 76.9 Å². The number of nitrogens with zero attached hydrogens (tertiary/aromatic N) is 2. The molecular formula is C27H26ClN2O6S4+. The van der Waals surface area contributed by atoms with Crippen molar-refractivity contribution in [2.75, 3.05) is 11.4 Å². The molecule has 3 aromatic carbocycles. The van der Waals surface area contributed by atoms with Crippen LogP contribution in [-0.2, 0) is 26.8 Å². The van der Waals surface area contributed by atoms with Gasteiger partial charge in [0.05, 0.1) is 16.8 Å². The fourth-order valence-electron chi connectivity index (χ4n) is 4.39. The molecule has 5 rings (SSSR count). The molecule has 4 aromatic rings. The number of thioether (sulfide) groups is 1. The van der Waals surface area contributed by atoms with Crippen LogP contribution in [0.25, 0.3) is 27.4 Å². The molecule has 2 heterocycles. The molecule has 1 aromatic heterocycles. The first-order valence-electron chi connectivity index (χ1n) is 12.2. The van der Waals surface area contributed by atoms with Crippen LogP contribution in [0.2, 0.25) is 5.02 Å². The van der Waals surface area contributed by atoms with Gasteiger partial charge in [0.15, 0.2) is 6.54 Å². The summed E-state index contributed by atoms with van der Waals surface area (Å²) in [6.45, 7) is 2.86. The molecule has 8 nitrogen and oxygen atoms in total. The summed E-state index contributed by atoms with van der Waals surface area (Å²) in [5, 5.41) is -0.269. The minimum absolute atomic E-state index is 0.00105. The topological polar surface area (TPSA) is 116 Å². The molecule has 13 heteroatoms. The second-order valence-electron chi connectivity index (χ2n) is 9.56. The van der Waals surface area contributed by atoms with Gasteiger partial charge in [-0.3, -0.25) is 9.11 Å². The zero-order chi connectivity index (χ0) is 28.8. The van der Waals surface area contributed by atoms with E-state index in [9.17, 15) is 25.9 Å². The lowest BCUT2D eigenvalue weighted by atomic mass is 10.1. The molecule has 0 fully saturated rings. The van der Waals surface area contributed by atoms with Gasteiger partial charge in [-0.2, -0.15) is 21.4 Å². The third kappa shape index (κ3) is 6.08. The molecule has 1 aliphatic heterocycles. The van der Waals surface area contributed by atoms with E-state index in [0.717, 1.165) is 26.2 Å². The van der Waals surface area contributed by atoms with Crippen LogP contribution in [0.3, 0.4) is 0 Å². The molecule has 0 bridgehead atoms. The minimum Gasteiger partial charge on any atom is -0.333 e. The van der Waals surface area contributed by atoms with Crippen LogP contribution in [0, 0.1) is 0 Å². The molecule has 0 amide bonds. The maximum absolute atomic E-state index is 12.0. The van der Waals surface area contributed by atoms with Gasteiger partial charge < -0.3 is 4.90 Å². The molecule has 210 valence electrons. The standard InChI is InChI=1S/C27H25ClN2O6S4/c1-17(39(31,32)33)15-29-22-12-20(19-6-4-3-5-7-19)8-10-24(22)37-26(29)14-27-30(16-18(2)40(34,35)36)23-13-21(28)9-11-25(23)38-27/h3-14,17-18H,15-16H2,1-2H3,(H-,31,32,33,34,35,36)/p+1. The number of rotatable bonds is 8. The van der Waals surface area contributed by atoms with Crippen molar-refractivity contribution in [2.24, 2.45) is 0 Å². The molecule has 0 saturated heterocycles. The number of anilines is 1. The molecule has 0 radical (unpaired) electrons. The van der Waals surface area contributed by atoms with Crippen LogP contribution in [0.1, 0.15) is 18.9 Å². The highest BCUT2D eigenvalue weighted by molar-refractivity contribution is 8.04. The van der Waals surface area contributed by atoms with Gasteiger partial charge in [0.1, 0.15) is 15.2 Å². The first-order chi connectivity index (χ1) is 18.8. The Labute approximate surface area is 246 Å². The van der Waals surface area contributed by atoms with Gasteiger partial charge in [-0.1, -0.05) is 71.1 Å². The van der Waals surface area contributed by atoms with Crippen molar-refractivity contribution in [2.45, 2.75) is 35.8 Å². The number of hydrogen-bond donors (Lipinski definition) is 2. The van der Waals surface area contributed by atoms with E-state index in [1.807, 2.05) is 65.2 Å². The lowest BCUT2D eigenvalue weighted by molar-refractivity contribution is -0.667. The maximum Gasteiger partial charge on any atom is 0.273 e. The second-order valence-corrected chi connectivity index (χ2v) is 15.8. The Morgan fingerprint density at radius 1 is 0.925 bits per heavy atom. The largest absolute Gasteiger partial charge is 0.333 e. The maximum atomic E-state index is 12.0. The average Bonchev–Trinajstić information content (AvgIpc) is 3.40. The van der Waals surface area contributed by atoms with Crippen LogP contribution in [0.15, 0.2) is 76.7 Å². The first kappa shape index (κ1) is 29.1. The van der Waals surface area contributed by atoms with Crippen molar-refractivity contribution in [1.29, 1.82) is 0 Å². The van der Waals surface area contributed by atoms with Crippen molar-refractivity contribution in [3.63, 3.8) is 0 Å². The summed E-state index contributed by atoms with van der Waals surface area (Å²) < 4.78 is 70.0. The molecule has 2 atom stereocenters. The highest BCUT2D eigenvalue weighted by Crippen LogP contribution is 2.48. The quantitative estimate of drug-likeness (QED) is 0.179. The molecule has 40 heavy (non-hydrogen) atoms. The number of hydrogen-bond acceptors (Lipinski definition) is 7. The van der Waals surface area contributed by atoms with E-state index in [0.29, 0.717) is 20.7 Å². The highest BCUT2D eigenvalue weighted by atomic mass is 35.5. The van der Waals surface area contributed by atoms with E-state index in [4.69, 9.17) is 11.6 Å². The van der Waals surface area contributed by atoms with E-state index in [1.165, 1.54) is 36.9 Å². The second kappa shape index (κ2) is 11.1. The fourth-order valence-corrected chi connectivity index (χ4v) is 7.48. The monoisotopic (exact) mass is 637 g/mol. The Morgan fingerprint density at radius 3 is 2.30 bits per heavy atom. The van der Waals surface area contributed by atoms with Crippen LogP contribution in [-0.4, -0.2) is 43.0 Å². The van der Waals surface area contributed by atoms with Gasteiger partial charge in [-0.05, 0) is 49.2 Å². The van der Waals surface area contributed by atoms with E-state index < -0.39 is 30.7 Å². The predicted molar refractivity (Wildman–Crippen MR) is 162 cm³/mol. The summed E-state index contributed by atoms with van der Waals surface area (Å²) in [6, 6.07) is 21.1. The Hall–Kier alpha value is -2.45. The predicted octanol–water partition coefficient (Wildman–Crippen LogP) is 5.97. The summed E-state index contributed by atoms with van der Waals surface area (Å²) in [7, 11) is -8.61. The molecule has 2 N–H and O–H groups in total. The van der Waals surface area contributed by atoms with Crippen LogP contribution < -0.4 is 9.47 Å². The van der Waals surface area contributed by atoms with Crippen LogP contribution >= 0.6 is 34.7 Å². The van der Waals surface area contributed by atoms with Gasteiger partial charge in [0.2, 0.25) is 5.52 Å². The van der Waals surface area contributed by atoms with Gasteiger partial charge >= 0.3 is 0 Å². The summed E-state index contributed by atoms with van der Waals surface area (Å²) >= 11 is 9.13. The summed E-state index contributed by atoms with van der Waals surface area (Å²) in [4.78, 5) is 2.66. The zero-order valence-electron chi connectivity index (χ0n) is 21.4. The summed E-state index contributed by atoms with van der Waals surface area (Å²) in [5.74, 6) is 0. The van der Waals surface area contributed by atoms with E-state index in [1.54, 1.807) is 17.0 Å². The van der Waals surface area contributed by atoms with Crippen molar-refractivity contribution in [3.05, 3.63) is 81.8 Å². The Balaban J connectivity index is 1.66. The normalized spacial score (nSPS) is 16.4. The van der Waals surface area contributed by atoms with Crippen LogP contribution in [0.4, 0.5) is 5.69 Å². The van der Waals surface area contributed by atoms with Gasteiger partial charge in [-0.15, -0.1) is 0 Å². The Bertz CT molecular complexity index is 1840. The van der Waals surface area contributed by atoms with Gasteiger partial charge in [0, 0.05) is 22.5 Å². The molecule has 0 spiro atoms. The molecule has 1 aliphatic rings. The Kier molecular flexibility index (Phi) is 8.05. The first-order valence-corrected chi connectivity index (χ1v) is 17.2.